The Morgan fingerprint density at radius 3 is 2.50 bits per heavy atom. The van der Waals surface area contributed by atoms with Crippen LogP contribution >= 0.6 is 15.9 Å². The van der Waals surface area contributed by atoms with Gasteiger partial charge in [-0.2, -0.15) is 0 Å². The summed E-state index contributed by atoms with van der Waals surface area (Å²) >= 11 is 1.12. The number of aryl methyl sites for hydroxylation is 1. The van der Waals surface area contributed by atoms with Crippen LogP contribution in [0.2, 0.25) is 0 Å². The zero-order valence-corrected chi connectivity index (χ0v) is 11.2. The molecule has 1 aromatic carbocycles. The summed E-state index contributed by atoms with van der Waals surface area (Å²) in [6.07, 6.45) is 0. The second kappa shape index (κ2) is 5.52. The monoisotopic (exact) mass is 256 g/mol. The fourth-order valence-electron chi connectivity index (χ4n) is 0.800. The molecule has 1 aromatic rings. The Morgan fingerprint density at radius 1 is 1.50 bits per heavy atom. The molecule has 12 heavy (non-hydrogen) atoms. The molecule has 1 unspecified atom stereocenters. The Hall–Kier alpha value is 0.810. The van der Waals surface area contributed by atoms with Gasteiger partial charge in [0.25, 0.3) is 0 Å². The van der Waals surface area contributed by atoms with Gasteiger partial charge >= 0.3 is 29.6 Å². The smallest absolute Gasteiger partial charge is 0.768 e. The molecule has 1 atom stereocenters. The van der Waals surface area contributed by atoms with Gasteiger partial charge in [-0.3, -0.25) is 4.21 Å². The van der Waals surface area contributed by atoms with Crippen LogP contribution in [0.3, 0.4) is 0 Å². The first-order chi connectivity index (χ1) is 5.11. The SMILES string of the molecule is Cc1cc(Br)ccc1S(=O)[O-].[Na+]. The minimum atomic E-state index is -2.12. The zero-order chi connectivity index (χ0) is 8.43. The van der Waals surface area contributed by atoms with E-state index in [9.17, 15) is 8.76 Å². The molecule has 0 bridgehead atoms. The van der Waals surface area contributed by atoms with E-state index in [1.807, 2.05) is 0 Å². The maximum absolute atomic E-state index is 10.5. The summed E-state index contributed by atoms with van der Waals surface area (Å²) < 4.78 is 21.9. The standard InChI is InChI=1S/C7H7BrO2S.Na/c1-5-4-6(8)2-3-7(5)11(9)10;/h2-4H,1H3,(H,9,10);/q;+1/p-1. The third-order valence-corrected chi connectivity index (χ3v) is 2.63. The molecular formula is C7H6BrNaO2S. The molecule has 0 N–H and O–H groups in total. The minimum absolute atomic E-state index is 0. The summed E-state index contributed by atoms with van der Waals surface area (Å²) in [5, 5.41) is 0. The molecule has 0 heterocycles. The van der Waals surface area contributed by atoms with Gasteiger partial charge in [0.15, 0.2) is 0 Å². The average molecular weight is 257 g/mol. The molecule has 0 radical (unpaired) electrons. The fraction of sp³-hybridized carbons (Fsp3) is 0.143. The number of hydrogen-bond acceptors (Lipinski definition) is 2. The van der Waals surface area contributed by atoms with E-state index in [0.717, 1.165) is 10.0 Å². The van der Waals surface area contributed by atoms with Gasteiger partial charge in [0.1, 0.15) is 0 Å². The Kier molecular flexibility index (Phi) is 5.89. The quantitative estimate of drug-likeness (QED) is 0.478. The summed E-state index contributed by atoms with van der Waals surface area (Å²) in [5.41, 5.74) is 0.757. The molecule has 0 saturated carbocycles. The van der Waals surface area contributed by atoms with Crippen LogP contribution in [0.5, 0.6) is 0 Å². The van der Waals surface area contributed by atoms with Crippen molar-refractivity contribution in [2.24, 2.45) is 0 Å². The van der Waals surface area contributed by atoms with Crippen LogP contribution in [0.1, 0.15) is 5.56 Å². The summed E-state index contributed by atoms with van der Waals surface area (Å²) in [5.74, 6) is 0. The van der Waals surface area contributed by atoms with Crippen molar-refractivity contribution in [1.29, 1.82) is 0 Å². The Bertz CT molecular complexity index is 303. The Labute approximate surface area is 104 Å². The first kappa shape index (κ1) is 12.8. The maximum Gasteiger partial charge on any atom is 1.00 e. The fourth-order valence-corrected chi connectivity index (χ4v) is 1.78. The molecule has 0 fully saturated rings. The Morgan fingerprint density at radius 2 is 2.08 bits per heavy atom. The van der Waals surface area contributed by atoms with Gasteiger partial charge in [-0.1, -0.05) is 15.9 Å². The van der Waals surface area contributed by atoms with Crippen molar-refractivity contribution in [1.82, 2.24) is 0 Å². The molecule has 0 amide bonds. The molecule has 0 spiro atoms. The van der Waals surface area contributed by atoms with Crippen LogP contribution in [0.15, 0.2) is 27.6 Å². The number of halogens is 1. The van der Waals surface area contributed by atoms with Crippen LogP contribution in [0.25, 0.3) is 0 Å². The van der Waals surface area contributed by atoms with Crippen LogP contribution in [-0.4, -0.2) is 8.76 Å². The van der Waals surface area contributed by atoms with Crippen molar-refractivity contribution in [2.45, 2.75) is 11.8 Å². The molecule has 60 valence electrons. The molecule has 0 aliphatic heterocycles. The largest absolute Gasteiger partial charge is 1.00 e. The van der Waals surface area contributed by atoms with Crippen LogP contribution in [-0.2, 0) is 11.1 Å². The molecule has 2 nitrogen and oxygen atoms in total. The van der Waals surface area contributed by atoms with Crippen molar-refractivity contribution in [3.8, 4) is 0 Å². The first-order valence-corrected chi connectivity index (χ1v) is 4.83. The summed E-state index contributed by atoms with van der Waals surface area (Å²) in [4.78, 5) is 0.355. The van der Waals surface area contributed by atoms with Gasteiger partial charge in [-0.25, -0.2) is 0 Å². The van der Waals surface area contributed by atoms with Crippen LogP contribution in [0.4, 0.5) is 0 Å². The van der Waals surface area contributed by atoms with Crippen molar-refractivity contribution in [3.63, 3.8) is 0 Å². The van der Waals surface area contributed by atoms with Gasteiger partial charge in [0.05, 0.1) is 0 Å². The second-order valence-electron chi connectivity index (χ2n) is 2.14. The van der Waals surface area contributed by atoms with E-state index in [4.69, 9.17) is 0 Å². The van der Waals surface area contributed by atoms with Crippen LogP contribution < -0.4 is 29.6 Å². The van der Waals surface area contributed by atoms with E-state index < -0.39 is 11.1 Å². The molecule has 0 aromatic heterocycles. The maximum atomic E-state index is 10.5. The second-order valence-corrected chi connectivity index (χ2v) is 3.97. The zero-order valence-electron chi connectivity index (χ0n) is 6.83. The summed E-state index contributed by atoms with van der Waals surface area (Å²) in [6, 6.07) is 5.05. The van der Waals surface area contributed by atoms with E-state index in [1.165, 1.54) is 0 Å². The molecule has 0 saturated heterocycles. The van der Waals surface area contributed by atoms with E-state index in [2.05, 4.69) is 15.9 Å². The predicted octanol–water partition coefficient (Wildman–Crippen LogP) is -1.00. The summed E-state index contributed by atoms with van der Waals surface area (Å²) in [6.45, 7) is 1.76. The molecular weight excluding hydrogens is 251 g/mol. The van der Waals surface area contributed by atoms with Crippen molar-refractivity contribution < 1.29 is 38.3 Å². The van der Waals surface area contributed by atoms with E-state index >= 15 is 0 Å². The van der Waals surface area contributed by atoms with Gasteiger partial charge in [0.2, 0.25) is 0 Å². The number of benzene rings is 1. The molecule has 0 aliphatic rings. The van der Waals surface area contributed by atoms with Crippen molar-refractivity contribution in [2.75, 3.05) is 0 Å². The number of rotatable bonds is 1. The van der Waals surface area contributed by atoms with Crippen molar-refractivity contribution >= 4 is 27.0 Å². The molecule has 5 heteroatoms. The topological polar surface area (TPSA) is 40.1 Å². The third kappa shape index (κ3) is 3.28. The van der Waals surface area contributed by atoms with Crippen molar-refractivity contribution in [3.05, 3.63) is 28.2 Å². The predicted molar refractivity (Wildman–Crippen MR) is 46.1 cm³/mol. The number of hydrogen-bond donors (Lipinski definition) is 0. The Balaban J connectivity index is 0.00000121. The minimum Gasteiger partial charge on any atom is -0.768 e. The molecule has 0 aliphatic carbocycles. The van der Waals surface area contributed by atoms with E-state index in [0.29, 0.717) is 4.90 Å². The van der Waals surface area contributed by atoms with E-state index in [-0.39, 0.29) is 29.6 Å². The van der Waals surface area contributed by atoms with E-state index in [1.54, 1.807) is 25.1 Å². The first-order valence-electron chi connectivity index (χ1n) is 2.96. The van der Waals surface area contributed by atoms with Gasteiger partial charge in [-0.05, 0) is 41.8 Å². The molecule has 1 rings (SSSR count). The third-order valence-electron chi connectivity index (χ3n) is 1.32. The van der Waals surface area contributed by atoms with Gasteiger partial charge < -0.3 is 4.55 Å². The van der Waals surface area contributed by atoms with Crippen LogP contribution in [0, 0.1) is 6.92 Å². The average Bonchev–Trinajstić information content (AvgIpc) is 1.85. The normalized spacial score (nSPS) is 11.9. The van der Waals surface area contributed by atoms with Gasteiger partial charge in [0, 0.05) is 9.37 Å². The van der Waals surface area contributed by atoms with Gasteiger partial charge in [-0.15, -0.1) is 0 Å². The summed E-state index contributed by atoms with van der Waals surface area (Å²) in [7, 11) is 0.